The molecule has 0 aliphatic rings. The number of nitrogens with one attached hydrogen (secondary N) is 1. The first kappa shape index (κ1) is 12.5. The summed E-state index contributed by atoms with van der Waals surface area (Å²) in [7, 11) is 0. The molecule has 0 saturated carbocycles. The Labute approximate surface area is 108 Å². The van der Waals surface area contributed by atoms with Crippen LogP contribution in [0.25, 0.3) is 0 Å². The van der Waals surface area contributed by atoms with Crippen molar-refractivity contribution in [2.75, 3.05) is 11.9 Å². The third-order valence-electron chi connectivity index (χ3n) is 2.61. The molecule has 0 atom stereocenters. The summed E-state index contributed by atoms with van der Waals surface area (Å²) in [6.07, 6.45) is 3.38. The first-order valence-corrected chi connectivity index (χ1v) is 6.32. The molecule has 0 spiro atoms. The summed E-state index contributed by atoms with van der Waals surface area (Å²) in [4.78, 5) is 13.3. The largest absolute Gasteiger partial charge is 0.370 e. The zero-order chi connectivity index (χ0) is 12.8. The molecule has 94 valence electrons. The van der Waals surface area contributed by atoms with Crippen molar-refractivity contribution in [1.82, 2.24) is 15.0 Å². The number of rotatable bonds is 5. The number of anilines is 1. The predicted octanol–water partition coefficient (Wildman–Crippen LogP) is 2.46. The lowest BCUT2D eigenvalue weighted by Crippen LogP contribution is -2.06. The van der Waals surface area contributed by atoms with E-state index in [9.17, 15) is 0 Å². The molecule has 2 rings (SSSR count). The molecule has 0 unspecified atom stereocenters. The van der Waals surface area contributed by atoms with Crippen molar-refractivity contribution in [2.45, 2.75) is 26.7 Å². The second kappa shape index (κ2) is 6.10. The van der Waals surface area contributed by atoms with Crippen molar-refractivity contribution in [3.8, 4) is 0 Å². The van der Waals surface area contributed by atoms with E-state index in [4.69, 9.17) is 0 Å². The monoisotopic (exact) mass is 242 g/mol. The highest BCUT2D eigenvalue weighted by Crippen LogP contribution is 2.10. The molecule has 0 aliphatic carbocycles. The highest BCUT2D eigenvalue weighted by molar-refractivity contribution is 5.36. The Hall–Kier alpha value is -1.97. The van der Waals surface area contributed by atoms with Gasteiger partial charge in [-0.1, -0.05) is 13.0 Å². The number of nitrogens with zero attached hydrogens (tertiary/aromatic N) is 3. The van der Waals surface area contributed by atoms with E-state index in [0.29, 0.717) is 6.42 Å². The Kier molecular flexibility index (Phi) is 4.23. The average Bonchev–Trinajstić information content (AvgIpc) is 2.40. The molecule has 2 aromatic heterocycles. The smallest absolute Gasteiger partial charge is 0.136 e. The molecule has 4 nitrogen and oxygen atoms in total. The van der Waals surface area contributed by atoms with Crippen molar-refractivity contribution in [1.29, 1.82) is 0 Å². The van der Waals surface area contributed by atoms with Gasteiger partial charge < -0.3 is 5.32 Å². The number of hydrogen-bond acceptors (Lipinski definition) is 4. The van der Waals surface area contributed by atoms with E-state index >= 15 is 0 Å². The molecule has 0 amide bonds. The van der Waals surface area contributed by atoms with Gasteiger partial charge in [-0.2, -0.15) is 0 Å². The van der Waals surface area contributed by atoms with Gasteiger partial charge in [0.05, 0.1) is 6.42 Å². The molecule has 0 radical (unpaired) electrons. The van der Waals surface area contributed by atoms with E-state index in [-0.39, 0.29) is 0 Å². The summed E-state index contributed by atoms with van der Waals surface area (Å²) in [5.74, 6) is 1.72. The van der Waals surface area contributed by atoms with E-state index in [2.05, 4.69) is 34.1 Å². The van der Waals surface area contributed by atoms with Crippen molar-refractivity contribution in [3.63, 3.8) is 0 Å². The van der Waals surface area contributed by atoms with Gasteiger partial charge in [0, 0.05) is 30.2 Å². The molecule has 0 aromatic carbocycles. The highest BCUT2D eigenvalue weighted by Gasteiger charge is 2.05. The topological polar surface area (TPSA) is 50.7 Å². The summed E-state index contributed by atoms with van der Waals surface area (Å²) in [5, 5.41) is 3.24. The third-order valence-corrected chi connectivity index (χ3v) is 2.61. The minimum atomic E-state index is 0.674. The molecule has 0 saturated heterocycles. The summed E-state index contributed by atoms with van der Waals surface area (Å²) in [6, 6.07) is 7.90. The van der Waals surface area contributed by atoms with Gasteiger partial charge >= 0.3 is 0 Å². The standard InChI is InChI=1S/C14H18N4/c1-3-11-9-13(15-4-2)18-14(17-11)10-12-7-5-6-8-16-12/h5-9H,3-4,10H2,1-2H3,(H,15,17,18). The molecular weight excluding hydrogens is 224 g/mol. The first-order valence-electron chi connectivity index (χ1n) is 6.32. The molecule has 18 heavy (non-hydrogen) atoms. The lowest BCUT2D eigenvalue weighted by atomic mass is 10.2. The fourth-order valence-corrected chi connectivity index (χ4v) is 1.75. The molecule has 2 aromatic rings. The van der Waals surface area contributed by atoms with Gasteiger partial charge in [0.15, 0.2) is 0 Å². The minimum absolute atomic E-state index is 0.674. The van der Waals surface area contributed by atoms with Crippen LogP contribution < -0.4 is 5.32 Å². The van der Waals surface area contributed by atoms with Gasteiger partial charge in [-0.25, -0.2) is 9.97 Å². The van der Waals surface area contributed by atoms with Gasteiger partial charge in [-0.15, -0.1) is 0 Å². The zero-order valence-electron chi connectivity index (χ0n) is 10.8. The van der Waals surface area contributed by atoms with Crippen molar-refractivity contribution in [3.05, 3.63) is 47.7 Å². The second-order valence-corrected chi connectivity index (χ2v) is 4.04. The minimum Gasteiger partial charge on any atom is -0.370 e. The van der Waals surface area contributed by atoms with Crippen LogP contribution in [0, 0.1) is 0 Å². The Morgan fingerprint density at radius 3 is 2.67 bits per heavy atom. The zero-order valence-corrected chi connectivity index (χ0v) is 10.8. The molecule has 2 heterocycles. The molecule has 0 aliphatic heterocycles. The molecule has 0 bridgehead atoms. The number of hydrogen-bond donors (Lipinski definition) is 1. The molecule has 1 N–H and O–H groups in total. The van der Waals surface area contributed by atoms with Crippen LogP contribution in [0.2, 0.25) is 0 Å². The fraction of sp³-hybridized carbons (Fsp3) is 0.357. The normalized spacial score (nSPS) is 10.3. The lowest BCUT2D eigenvalue weighted by molar-refractivity contribution is 0.887. The van der Waals surface area contributed by atoms with E-state index in [1.165, 1.54) is 0 Å². The Bertz CT molecular complexity index is 496. The van der Waals surface area contributed by atoms with Crippen molar-refractivity contribution >= 4 is 5.82 Å². The van der Waals surface area contributed by atoms with Crippen LogP contribution in [0.5, 0.6) is 0 Å². The summed E-state index contributed by atoms with van der Waals surface area (Å²) >= 11 is 0. The predicted molar refractivity (Wildman–Crippen MR) is 72.6 cm³/mol. The molecule has 4 heteroatoms. The maximum atomic E-state index is 4.54. The number of pyridine rings is 1. The van der Waals surface area contributed by atoms with E-state index in [1.807, 2.05) is 24.3 Å². The van der Waals surface area contributed by atoms with Gasteiger partial charge in [-0.3, -0.25) is 4.98 Å². The summed E-state index contributed by atoms with van der Waals surface area (Å²) in [6.45, 7) is 5.03. The molecule has 0 fully saturated rings. The maximum absolute atomic E-state index is 4.54. The highest BCUT2D eigenvalue weighted by atomic mass is 15.0. The van der Waals surface area contributed by atoms with Gasteiger partial charge in [0.25, 0.3) is 0 Å². The lowest BCUT2D eigenvalue weighted by Gasteiger charge is -2.07. The van der Waals surface area contributed by atoms with Gasteiger partial charge in [0.1, 0.15) is 11.6 Å². The van der Waals surface area contributed by atoms with Crippen LogP contribution in [0.15, 0.2) is 30.5 Å². The van der Waals surface area contributed by atoms with E-state index in [0.717, 1.165) is 36.0 Å². The number of aromatic nitrogens is 3. The Balaban J connectivity index is 2.24. The number of aryl methyl sites for hydroxylation is 1. The van der Waals surface area contributed by atoms with E-state index < -0.39 is 0 Å². The van der Waals surface area contributed by atoms with Crippen LogP contribution in [0.1, 0.15) is 31.1 Å². The SMILES string of the molecule is CCNc1cc(CC)nc(Cc2ccccn2)n1. The van der Waals surface area contributed by atoms with Crippen LogP contribution in [-0.4, -0.2) is 21.5 Å². The second-order valence-electron chi connectivity index (χ2n) is 4.04. The third kappa shape index (κ3) is 3.26. The van der Waals surface area contributed by atoms with Crippen LogP contribution >= 0.6 is 0 Å². The molecular formula is C14H18N4. The van der Waals surface area contributed by atoms with E-state index in [1.54, 1.807) is 6.20 Å². The van der Waals surface area contributed by atoms with Crippen LogP contribution in [-0.2, 0) is 12.8 Å². The summed E-state index contributed by atoms with van der Waals surface area (Å²) in [5.41, 5.74) is 2.06. The van der Waals surface area contributed by atoms with Crippen LogP contribution in [0.3, 0.4) is 0 Å². The average molecular weight is 242 g/mol. The maximum Gasteiger partial charge on any atom is 0.136 e. The van der Waals surface area contributed by atoms with Gasteiger partial charge in [0.2, 0.25) is 0 Å². The van der Waals surface area contributed by atoms with Crippen molar-refractivity contribution < 1.29 is 0 Å². The van der Waals surface area contributed by atoms with Crippen molar-refractivity contribution in [2.24, 2.45) is 0 Å². The fourth-order valence-electron chi connectivity index (χ4n) is 1.75. The Morgan fingerprint density at radius 1 is 1.11 bits per heavy atom. The first-order chi connectivity index (χ1) is 8.81. The summed E-state index contributed by atoms with van der Waals surface area (Å²) < 4.78 is 0. The van der Waals surface area contributed by atoms with Crippen LogP contribution in [0.4, 0.5) is 5.82 Å². The Morgan fingerprint density at radius 2 is 2.00 bits per heavy atom. The quantitative estimate of drug-likeness (QED) is 0.875. The van der Waals surface area contributed by atoms with Gasteiger partial charge in [-0.05, 0) is 25.5 Å².